The molecule has 0 aromatic carbocycles. The van der Waals surface area contributed by atoms with E-state index in [0.29, 0.717) is 4.77 Å². The highest BCUT2D eigenvalue weighted by Crippen LogP contribution is 2.15. The fraction of sp³-hybridized carbons (Fsp3) is 0.462. The van der Waals surface area contributed by atoms with E-state index in [1.807, 2.05) is 12.1 Å². The van der Waals surface area contributed by atoms with Gasteiger partial charge in [0.2, 0.25) is 0 Å². The van der Waals surface area contributed by atoms with Crippen molar-refractivity contribution in [1.29, 1.82) is 0 Å². The van der Waals surface area contributed by atoms with Crippen molar-refractivity contribution < 1.29 is 0 Å². The second kappa shape index (κ2) is 6.25. The average Bonchev–Trinajstić information content (AvgIpc) is 2.88. The van der Waals surface area contributed by atoms with Gasteiger partial charge in [0.1, 0.15) is 0 Å². The van der Waals surface area contributed by atoms with Gasteiger partial charge in [0.15, 0.2) is 10.6 Å². The molecule has 1 aliphatic heterocycles. The van der Waals surface area contributed by atoms with Crippen LogP contribution in [0.5, 0.6) is 0 Å². The van der Waals surface area contributed by atoms with E-state index in [2.05, 4.69) is 30.0 Å². The van der Waals surface area contributed by atoms with Crippen molar-refractivity contribution in [3.63, 3.8) is 0 Å². The van der Waals surface area contributed by atoms with Crippen LogP contribution in [0.4, 0.5) is 0 Å². The van der Waals surface area contributed by atoms with E-state index < -0.39 is 0 Å². The molecule has 0 radical (unpaired) electrons. The Balaban J connectivity index is 1.76. The molecule has 0 unspecified atom stereocenters. The van der Waals surface area contributed by atoms with Crippen LogP contribution in [0, 0.1) is 4.77 Å². The largest absolute Gasteiger partial charge is 0.314 e. The SMILES string of the molecule is S=c1[nH]nc(-c2ccncc2)n1CCN1CCNCC1. The fourth-order valence-electron chi connectivity index (χ4n) is 2.42. The van der Waals surface area contributed by atoms with Crippen LogP contribution in [-0.4, -0.2) is 57.4 Å². The number of aromatic nitrogens is 4. The zero-order valence-corrected chi connectivity index (χ0v) is 12.1. The fourth-order valence-corrected chi connectivity index (χ4v) is 2.65. The van der Waals surface area contributed by atoms with Gasteiger partial charge < -0.3 is 5.32 Å². The molecule has 6 nitrogen and oxygen atoms in total. The molecule has 0 saturated carbocycles. The van der Waals surface area contributed by atoms with Gasteiger partial charge in [-0.15, -0.1) is 0 Å². The molecule has 2 aromatic heterocycles. The molecule has 2 aromatic rings. The van der Waals surface area contributed by atoms with Crippen molar-refractivity contribution in [1.82, 2.24) is 30.0 Å². The van der Waals surface area contributed by atoms with E-state index in [0.717, 1.165) is 50.7 Å². The highest BCUT2D eigenvalue weighted by atomic mass is 32.1. The molecular weight excluding hydrogens is 272 g/mol. The van der Waals surface area contributed by atoms with Crippen molar-refractivity contribution in [3.8, 4) is 11.4 Å². The molecule has 2 N–H and O–H groups in total. The number of nitrogens with one attached hydrogen (secondary N) is 2. The molecule has 3 heterocycles. The molecule has 20 heavy (non-hydrogen) atoms. The summed E-state index contributed by atoms with van der Waals surface area (Å²) in [5, 5.41) is 10.6. The Labute approximate surface area is 122 Å². The number of nitrogens with zero attached hydrogens (tertiary/aromatic N) is 4. The van der Waals surface area contributed by atoms with Gasteiger partial charge in [0.05, 0.1) is 0 Å². The Morgan fingerprint density at radius 1 is 1.15 bits per heavy atom. The van der Waals surface area contributed by atoms with Crippen LogP contribution in [0.3, 0.4) is 0 Å². The van der Waals surface area contributed by atoms with Crippen LogP contribution in [0.15, 0.2) is 24.5 Å². The van der Waals surface area contributed by atoms with E-state index in [-0.39, 0.29) is 0 Å². The van der Waals surface area contributed by atoms with Gasteiger partial charge >= 0.3 is 0 Å². The zero-order valence-electron chi connectivity index (χ0n) is 11.2. The third-order valence-electron chi connectivity index (χ3n) is 3.55. The maximum Gasteiger partial charge on any atom is 0.195 e. The summed E-state index contributed by atoms with van der Waals surface area (Å²) in [7, 11) is 0. The number of hydrogen-bond acceptors (Lipinski definition) is 5. The first-order chi connectivity index (χ1) is 9.84. The molecule has 106 valence electrons. The van der Waals surface area contributed by atoms with Crippen LogP contribution < -0.4 is 5.32 Å². The maximum atomic E-state index is 5.34. The van der Waals surface area contributed by atoms with Crippen molar-refractivity contribution in [2.75, 3.05) is 32.7 Å². The van der Waals surface area contributed by atoms with E-state index in [4.69, 9.17) is 12.2 Å². The summed E-state index contributed by atoms with van der Waals surface area (Å²) in [5.74, 6) is 0.882. The molecule has 0 bridgehead atoms. The van der Waals surface area contributed by atoms with Gasteiger partial charge in [-0.05, 0) is 24.4 Å². The molecule has 0 spiro atoms. The smallest absolute Gasteiger partial charge is 0.195 e. The van der Waals surface area contributed by atoms with Gasteiger partial charge in [-0.2, -0.15) is 5.10 Å². The molecular formula is C13H18N6S. The van der Waals surface area contributed by atoms with Crippen LogP contribution in [-0.2, 0) is 6.54 Å². The van der Waals surface area contributed by atoms with Gasteiger partial charge in [-0.25, -0.2) is 0 Å². The molecule has 0 aliphatic carbocycles. The van der Waals surface area contributed by atoms with E-state index in [1.54, 1.807) is 12.4 Å². The predicted octanol–water partition coefficient (Wildman–Crippen LogP) is 0.908. The van der Waals surface area contributed by atoms with Crippen molar-refractivity contribution in [3.05, 3.63) is 29.3 Å². The lowest BCUT2D eigenvalue weighted by atomic mass is 10.2. The Bertz CT molecular complexity index is 599. The quantitative estimate of drug-likeness (QED) is 0.820. The molecule has 0 amide bonds. The lowest BCUT2D eigenvalue weighted by Crippen LogP contribution is -2.44. The minimum absolute atomic E-state index is 0.673. The number of rotatable bonds is 4. The zero-order chi connectivity index (χ0) is 13.8. The van der Waals surface area contributed by atoms with Gasteiger partial charge in [-0.3, -0.25) is 19.5 Å². The Morgan fingerprint density at radius 2 is 1.90 bits per heavy atom. The first kappa shape index (κ1) is 13.4. The second-order valence-electron chi connectivity index (χ2n) is 4.83. The summed E-state index contributed by atoms with van der Waals surface area (Å²) in [6.45, 7) is 6.16. The minimum atomic E-state index is 0.673. The molecule has 1 fully saturated rings. The van der Waals surface area contributed by atoms with Crippen molar-refractivity contribution >= 4 is 12.2 Å². The minimum Gasteiger partial charge on any atom is -0.314 e. The monoisotopic (exact) mass is 290 g/mol. The normalized spacial score (nSPS) is 16.4. The van der Waals surface area contributed by atoms with E-state index >= 15 is 0 Å². The lowest BCUT2D eigenvalue weighted by Gasteiger charge is -2.27. The Kier molecular flexibility index (Phi) is 4.19. The van der Waals surface area contributed by atoms with E-state index in [9.17, 15) is 0 Å². The van der Waals surface area contributed by atoms with Crippen molar-refractivity contribution in [2.24, 2.45) is 0 Å². The second-order valence-corrected chi connectivity index (χ2v) is 5.22. The first-order valence-corrected chi connectivity index (χ1v) is 7.24. The molecule has 1 aliphatic rings. The summed E-state index contributed by atoms with van der Waals surface area (Å²) in [4.78, 5) is 6.48. The summed E-state index contributed by atoms with van der Waals surface area (Å²) in [6, 6.07) is 3.90. The standard InChI is InChI=1S/C13H18N6S/c20-13-17-16-12(11-1-3-14-4-2-11)19(13)10-9-18-7-5-15-6-8-18/h1-4,15H,5-10H2,(H,17,20). The third-order valence-corrected chi connectivity index (χ3v) is 3.86. The molecule has 3 rings (SSSR count). The van der Waals surface area contributed by atoms with Crippen LogP contribution in [0.25, 0.3) is 11.4 Å². The summed E-state index contributed by atoms with van der Waals surface area (Å²) < 4.78 is 2.74. The number of piperazine rings is 1. The van der Waals surface area contributed by atoms with Gasteiger partial charge in [-0.1, -0.05) is 0 Å². The Hall–Kier alpha value is -1.57. The van der Waals surface area contributed by atoms with Crippen LogP contribution in [0.2, 0.25) is 0 Å². The van der Waals surface area contributed by atoms with Crippen LogP contribution >= 0.6 is 12.2 Å². The maximum absolute atomic E-state index is 5.34. The lowest BCUT2D eigenvalue weighted by molar-refractivity contribution is 0.232. The summed E-state index contributed by atoms with van der Waals surface area (Å²) in [6.07, 6.45) is 3.54. The highest BCUT2D eigenvalue weighted by molar-refractivity contribution is 7.71. The third kappa shape index (κ3) is 2.95. The predicted molar refractivity (Wildman–Crippen MR) is 80.0 cm³/mol. The highest BCUT2D eigenvalue weighted by Gasteiger charge is 2.12. The van der Waals surface area contributed by atoms with Crippen LogP contribution in [0.1, 0.15) is 0 Å². The topological polar surface area (TPSA) is 61.8 Å². The number of aromatic amines is 1. The van der Waals surface area contributed by atoms with E-state index in [1.165, 1.54) is 0 Å². The number of hydrogen-bond donors (Lipinski definition) is 2. The first-order valence-electron chi connectivity index (χ1n) is 6.83. The molecule has 7 heteroatoms. The van der Waals surface area contributed by atoms with Crippen molar-refractivity contribution in [2.45, 2.75) is 6.54 Å². The summed E-state index contributed by atoms with van der Waals surface area (Å²) in [5.41, 5.74) is 1.03. The van der Waals surface area contributed by atoms with Gasteiger partial charge in [0, 0.05) is 57.2 Å². The van der Waals surface area contributed by atoms with Gasteiger partial charge in [0.25, 0.3) is 0 Å². The summed E-state index contributed by atoms with van der Waals surface area (Å²) >= 11 is 5.34. The molecule has 1 saturated heterocycles. The molecule has 0 atom stereocenters. The number of pyridine rings is 1. The number of H-pyrrole nitrogens is 1. The average molecular weight is 290 g/mol. The Morgan fingerprint density at radius 3 is 2.65 bits per heavy atom.